The highest BCUT2D eigenvalue weighted by Crippen LogP contribution is 2.52. The fourth-order valence-corrected chi connectivity index (χ4v) is 1.86. The van der Waals surface area contributed by atoms with Gasteiger partial charge in [-0.2, -0.15) is 5.10 Å². The van der Waals surface area contributed by atoms with E-state index in [1.54, 1.807) is 0 Å². The number of hydrogen-bond donors (Lipinski definition) is 2. The molecule has 0 spiro atoms. The van der Waals surface area contributed by atoms with Gasteiger partial charge in [0.2, 0.25) is 0 Å². The predicted octanol–water partition coefficient (Wildman–Crippen LogP) is 0.698. The average molecular weight is 196 g/mol. The van der Waals surface area contributed by atoms with Crippen LogP contribution in [0.3, 0.4) is 0 Å². The van der Waals surface area contributed by atoms with E-state index in [0.29, 0.717) is 12.2 Å². The van der Waals surface area contributed by atoms with Crippen molar-refractivity contribution in [3.63, 3.8) is 0 Å². The third-order valence-corrected chi connectivity index (χ3v) is 2.82. The molecule has 76 valence electrons. The monoisotopic (exact) mass is 196 g/mol. The molecule has 1 aliphatic rings. The average Bonchev–Trinajstić information content (AvgIpc) is 2.76. The number of nitrogens with one attached hydrogen (secondary N) is 1. The number of nitrogens with zero attached hydrogens (tertiary/aromatic N) is 2. The first-order chi connectivity index (χ1) is 6.69. The van der Waals surface area contributed by atoms with Crippen LogP contribution in [0.15, 0.2) is 6.20 Å². The summed E-state index contributed by atoms with van der Waals surface area (Å²) in [5, 5.41) is 17.1. The van der Waals surface area contributed by atoms with E-state index in [9.17, 15) is 10.1 Å². The van der Waals surface area contributed by atoms with E-state index in [-0.39, 0.29) is 11.1 Å². The molecule has 0 radical (unpaired) electrons. The molecule has 1 heterocycles. The van der Waals surface area contributed by atoms with Gasteiger partial charge in [-0.1, -0.05) is 0 Å². The first-order valence-electron chi connectivity index (χ1n) is 4.58. The van der Waals surface area contributed by atoms with Gasteiger partial charge >= 0.3 is 5.69 Å². The molecule has 0 aliphatic heterocycles. The summed E-state index contributed by atoms with van der Waals surface area (Å²) in [5.74, 6) is 0. The van der Waals surface area contributed by atoms with Crippen LogP contribution >= 0.6 is 0 Å². The normalized spacial score (nSPS) is 18.1. The first kappa shape index (κ1) is 9.14. The zero-order chi connectivity index (χ0) is 10.2. The molecule has 2 rings (SSSR count). The van der Waals surface area contributed by atoms with Crippen LogP contribution < -0.4 is 5.73 Å². The summed E-state index contributed by atoms with van der Waals surface area (Å²) >= 11 is 0. The van der Waals surface area contributed by atoms with Gasteiger partial charge in [0.15, 0.2) is 0 Å². The van der Waals surface area contributed by atoms with Crippen molar-refractivity contribution in [3.05, 3.63) is 22.0 Å². The standard InChI is InChI=1S/C8H12N4O2/c9-4-3-8(1-2-8)7-6(12(13)14)5-10-11-7/h5H,1-4,9H2,(H,10,11). The van der Waals surface area contributed by atoms with Crippen molar-refractivity contribution in [2.45, 2.75) is 24.7 Å². The van der Waals surface area contributed by atoms with Crippen molar-refractivity contribution in [2.24, 2.45) is 5.73 Å². The third kappa shape index (κ3) is 1.27. The molecule has 0 amide bonds. The molecule has 1 aromatic rings. The van der Waals surface area contributed by atoms with Crippen LogP contribution in [0.2, 0.25) is 0 Å². The molecular weight excluding hydrogens is 184 g/mol. The second kappa shape index (κ2) is 3.06. The number of aromatic amines is 1. The van der Waals surface area contributed by atoms with Crippen LogP contribution in [-0.4, -0.2) is 21.7 Å². The van der Waals surface area contributed by atoms with Gasteiger partial charge in [0.25, 0.3) is 0 Å². The second-order valence-electron chi connectivity index (χ2n) is 3.71. The van der Waals surface area contributed by atoms with Crippen LogP contribution in [0.1, 0.15) is 25.0 Å². The molecule has 0 unspecified atom stereocenters. The molecule has 0 saturated heterocycles. The maximum absolute atomic E-state index is 10.7. The topological polar surface area (TPSA) is 97.8 Å². The largest absolute Gasteiger partial charge is 0.330 e. The molecule has 1 aliphatic carbocycles. The Bertz CT molecular complexity index is 356. The van der Waals surface area contributed by atoms with Gasteiger partial charge in [0.1, 0.15) is 11.9 Å². The van der Waals surface area contributed by atoms with Crippen LogP contribution in [0.4, 0.5) is 5.69 Å². The summed E-state index contributed by atoms with van der Waals surface area (Å²) in [6, 6.07) is 0. The Morgan fingerprint density at radius 3 is 2.93 bits per heavy atom. The number of hydrogen-bond acceptors (Lipinski definition) is 4. The van der Waals surface area contributed by atoms with Gasteiger partial charge in [0.05, 0.1) is 4.92 Å². The zero-order valence-electron chi connectivity index (χ0n) is 7.69. The van der Waals surface area contributed by atoms with Crippen molar-refractivity contribution in [2.75, 3.05) is 6.54 Å². The van der Waals surface area contributed by atoms with Crippen molar-refractivity contribution < 1.29 is 4.92 Å². The maximum Gasteiger partial charge on any atom is 0.310 e. The molecule has 14 heavy (non-hydrogen) atoms. The molecule has 1 fully saturated rings. The predicted molar refractivity (Wildman–Crippen MR) is 49.8 cm³/mol. The summed E-state index contributed by atoms with van der Waals surface area (Å²) < 4.78 is 0. The number of nitro groups is 1. The SMILES string of the molecule is NCCC1(c2[nH]ncc2[N+](=O)[O-])CC1. The van der Waals surface area contributed by atoms with Gasteiger partial charge in [-0.15, -0.1) is 0 Å². The minimum atomic E-state index is -0.393. The quantitative estimate of drug-likeness (QED) is 0.547. The number of H-pyrrole nitrogens is 1. The van der Waals surface area contributed by atoms with E-state index in [1.165, 1.54) is 6.20 Å². The molecule has 1 aromatic heterocycles. The summed E-state index contributed by atoms with van der Waals surface area (Å²) in [6.07, 6.45) is 3.99. The fraction of sp³-hybridized carbons (Fsp3) is 0.625. The highest BCUT2D eigenvalue weighted by Gasteiger charge is 2.48. The van der Waals surface area contributed by atoms with Crippen LogP contribution in [0.25, 0.3) is 0 Å². The molecule has 0 bridgehead atoms. The number of aromatic nitrogens is 2. The molecular formula is C8H12N4O2. The lowest BCUT2D eigenvalue weighted by Crippen LogP contribution is -2.15. The highest BCUT2D eigenvalue weighted by atomic mass is 16.6. The Balaban J connectivity index is 2.32. The van der Waals surface area contributed by atoms with Crippen molar-refractivity contribution in [3.8, 4) is 0 Å². The van der Waals surface area contributed by atoms with Crippen molar-refractivity contribution >= 4 is 5.69 Å². The lowest BCUT2D eigenvalue weighted by atomic mass is 9.97. The number of rotatable bonds is 4. The molecule has 6 heteroatoms. The third-order valence-electron chi connectivity index (χ3n) is 2.82. The molecule has 1 saturated carbocycles. The molecule has 0 atom stereocenters. The Morgan fingerprint density at radius 1 is 1.71 bits per heavy atom. The first-order valence-corrected chi connectivity index (χ1v) is 4.58. The van der Waals surface area contributed by atoms with E-state index >= 15 is 0 Å². The lowest BCUT2D eigenvalue weighted by molar-refractivity contribution is -0.385. The van der Waals surface area contributed by atoms with Crippen LogP contribution in [0, 0.1) is 10.1 Å². The maximum atomic E-state index is 10.7. The van der Waals surface area contributed by atoms with E-state index < -0.39 is 4.92 Å². The van der Waals surface area contributed by atoms with E-state index in [0.717, 1.165) is 19.3 Å². The van der Waals surface area contributed by atoms with Gasteiger partial charge in [-0.05, 0) is 25.8 Å². The minimum absolute atomic E-state index is 0.0896. The van der Waals surface area contributed by atoms with Crippen LogP contribution in [0.5, 0.6) is 0 Å². The van der Waals surface area contributed by atoms with E-state index in [4.69, 9.17) is 5.73 Å². The summed E-state index contributed by atoms with van der Waals surface area (Å²) in [6.45, 7) is 0.552. The van der Waals surface area contributed by atoms with E-state index in [1.807, 2.05) is 0 Å². The van der Waals surface area contributed by atoms with E-state index in [2.05, 4.69) is 10.2 Å². The minimum Gasteiger partial charge on any atom is -0.330 e. The zero-order valence-corrected chi connectivity index (χ0v) is 7.69. The van der Waals surface area contributed by atoms with Gasteiger partial charge in [-0.25, -0.2) is 0 Å². The summed E-state index contributed by atoms with van der Waals surface area (Å²) in [4.78, 5) is 10.3. The fourth-order valence-electron chi connectivity index (χ4n) is 1.86. The molecule has 0 aromatic carbocycles. The number of nitrogens with two attached hydrogens (primary N) is 1. The Hall–Kier alpha value is -1.43. The smallest absolute Gasteiger partial charge is 0.310 e. The Morgan fingerprint density at radius 2 is 2.43 bits per heavy atom. The lowest BCUT2D eigenvalue weighted by Gasteiger charge is -2.09. The molecule has 3 N–H and O–H groups in total. The molecule has 6 nitrogen and oxygen atoms in total. The van der Waals surface area contributed by atoms with Crippen molar-refractivity contribution in [1.82, 2.24) is 10.2 Å². The van der Waals surface area contributed by atoms with Gasteiger partial charge < -0.3 is 5.73 Å². The van der Waals surface area contributed by atoms with Crippen molar-refractivity contribution in [1.29, 1.82) is 0 Å². The summed E-state index contributed by atoms with van der Waals surface area (Å²) in [5.41, 5.74) is 6.13. The summed E-state index contributed by atoms with van der Waals surface area (Å²) in [7, 11) is 0. The van der Waals surface area contributed by atoms with Crippen LogP contribution in [-0.2, 0) is 5.41 Å². The highest BCUT2D eigenvalue weighted by molar-refractivity contribution is 5.41. The Kier molecular flexibility index (Phi) is 1.99. The second-order valence-corrected chi connectivity index (χ2v) is 3.71. The Labute approximate surface area is 80.6 Å². The van der Waals surface area contributed by atoms with Gasteiger partial charge in [-0.3, -0.25) is 15.2 Å². The van der Waals surface area contributed by atoms with Gasteiger partial charge in [0, 0.05) is 5.41 Å².